The van der Waals surface area contributed by atoms with Crippen LogP contribution in [0, 0.1) is 5.92 Å². The Hall–Kier alpha value is -2.35. The van der Waals surface area contributed by atoms with Crippen molar-refractivity contribution in [1.82, 2.24) is 19.6 Å². The van der Waals surface area contributed by atoms with Crippen molar-refractivity contribution < 1.29 is 9.53 Å². The van der Waals surface area contributed by atoms with E-state index < -0.39 is 0 Å². The third-order valence-corrected chi connectivity index (χ3v) is 3.57. The van der Waals surface area contributed by atoms with E-state index >= 15 is 0 Å². The van der Waals surface area contributed by atoms with Crippen LogP contribution in [-0.4, -0.2) is 39.3 Å². The monoisotopic (exact) mass is 334 g/mol. The molecule has 2 N–H and O–H groups in total. The molecule has 0 saturated heterocycles. The Kier molecular flexibility index (Phi) is 6.36. The highest BCUT2D eigenvalue weighted by molar-refractivity contribution is 5.99. The van der Waals surface area contributed by atoms with Crippen molar-refractivity contribution in [2.45, 2.75) is 33.2 Å². The van der Waals surface area contributed by atoms with Crippen LogP contribution in [0.2, 0.25) is 0 Å². The summed E-state index contributed by atoms with van der Waals surface area (Å²) in [5.41, 5.74) is 1.61. The van der Waals surface area contributed by atoms with Crippen LogP contribution in [0.3, 0.4) is 0 Å². The lowest BCUT2D eigenvalue weighted by atomic mass is 10.1. The van der Waals surface area contributed by atoms with E-state index in [0.717, 1.165) is 18.5 Å². The first kappa shape index (κ1) is 18.0. The second kappa shape index (κ2) is 8.49. The number of methoxy groups -OCH3 is 1. The van der Waals surface area contributed by atoms with Gasteiger partial charge in [0, 0.05) is 26.4 Å². The van der Waals surface area contributed by atoms with Gasteiger partial charge in [0.2, 0.25) is 0 Å². The van der Waals surface area contributed by atoms with Crippen LogP contribution < -0.4 is 10.6 Å². The van der Waals surface area contributed by atoms with E-state index in [1.807, 2.05) is 13.1 Å². The Morgan fingerprint density at radius 1 is 1.38 bits per heavy atom. The number of urea groups is 1. The van der Waals surface area contributed by atoms with Gasteiger partial charge in [-0.25, -0.2) is 4.79 Å². The van der Waals surface area contributed by atoms with Gasteiger partial charge in [-0.1, -0.05) is 13.8 Å². The maximum atomic E-state index is 12.1. The number of ether oxygens (including phenoxy) is 1. The summed E-state index contributed by atoms with van der Waals surface area (Å²) in [5, 5.41) is 14.1. The van der Waals surface area contributed by atoms with Crippen LogP contribution in [0.1, 0.15) is 26.0 Å². The fourth-order valence-corrected chi connectivity index (χ4v) is 2.22. The number of aryl methyl sites for hydroxylation is 2. The average Bonchev–Trinajstić information content (AvgIpc) is 3.10. The van der Waals surface area contributed by atoms with Crippen LogP contribution in [-0.2, 0) is 24.8 Å². The number of carbonyl (C=O) groups excluding carboxylic acids is 1. The van der Waals surface area contributed by atoms with Crippen molar-refractivity contribution in [3.05, 3.63) is 24.2 Å². The van der Waals surface area contributed by atoms with Gasteiger partial charge < -0.3 is 10.1 Å². The minimum absolute atomic E-state index is 0.320. The molecule has 0 spiro atoms. The maximum Gasteiger partial charge on any atom is 0.324 e. The molecule has 0 atom stereocenters. The highest BCUT2D eigenvalue weighted by Gasteiger charge is 2.10. The molecule has 0 aromatic carbocycles. The SMILES string of the molecule is COCCn1cc(NC(=O)Nc2cc(CCC(C)C)nn2C)cn1. The minimum atomic E-state index is -0.320. The number of hydrogen-bond donors (Lipinski definition) is 2. The molecule has 0 aliphatic heterocycles. The predicted octanol–water partition coefficient (Wildman–Crippen LogP) is 2.50. The summed E-state index contributed by atoms with van der Waals surface area (Å²) in [4.78, 5) is 12.1. The molecule has 132 valence electrons. The number of anilines is 2. The van der Waals surface area contributed by atoms with Crippen LogP contribution >= 0.6 is 0 Å². The first-order chi connectivity index (χ1) is 11.5. The van der Waals surface area contributed by atoms with Crippen molar-refractivity contribution in [2.75, 3.05) is 24.4 Å². The van der Waals surface area contributed by atoms with Gasteiger partial charge in [0.05, 0.1) is 30.7 Å². The normalized spacial score (nSPS) is 11.0. The Labute approximate surface area is 142 Å². The van der Waals surface area contributed by atoms with Gasteiger partial charge in [-0.05, 0) is 18.8 Å². The summed E-state index contributed by atoms with van der Waals surface area (Å²) in [5.74, 6) is 1.29. The Balaban J connectivity index is 1.88. The molecule has 0 bridgehead atoms. The zero-order valence-corrected chi connectivity index (χ0v) is 14.7. The van der Waals surface area contributed by atoms with Gasteiger partial charge in [0.1, 0.15) is 5.82 Å². The van der Waals surface area contributed by atoms with Crippen molar-refractivity contribution in [1.29, 1.82) is 0 Å². The molecule has 0 saturated carbocycles. The van der Waals surface area contributed by atoms with Crippen molar-refractivity contribution in [3.63, 3.8) is 0 Å². The summed E-state index contributed by atoms with van der Waals surface area (Å²) in [6, 6.07) is 1.59. The third kappa shape index (κ3) is 5.38. The van der Waals surface area contributed by atoms with Gasteiger partial charge in [-0.3, -0.25) is 14.7 Å². The molecule has 24 heavy (non-hydrogen) atoms. The minimum Gasteiger partial charge on any atom is -0.383 e. The third-order valence-electron chi connectivity index (χ3n) is 3.57. The fraction of sp³-hybridized carbons (Fsp3) is 0.562. The van der Waals surface area contributed by atoms with Crippen LogP contribution in [0.5, 0.6) is 0 Å². The van der Waals surface area contributed by atoms with E-state index in [1.165, 1.54) is 0 Å². The lowest BCUT2D eigenvalue weighted by Crippen LogP contribution is -2.20. The van der Waals surface area contributed by atoms with Crippen molar-refractivity contribution >= 4 is 17.5 Å². The number of rotatable bonds is 8. The summed E-state index contributed by atoms with van der Waals surface area (Å²) in [6.07, 6.45) is 5.34. The molecule has 0 aliphatic rings. The van der Waals surface area contributed by atoms with E-state index in [4.69, 9.17) is 4.74 Å². The molecule has 0 fully saturated rings. The molecule has 8 heteroatoms. The molecule has 2 amide bonds. The zero-order chi connectivity index (χ0) is 17.5. The van der Waals surface area contributed by atoms with E-state index in [0.29, 0.717) is 30.6 Å². The van der Waals surface area contributed by atoms with Gasteiger partial charge in [-0.2, -0.15) is 10.2 Å². The quantitative estimate of drug-likeness (QED) is 0.776. The standard InChI is InChI=1S/C16H26N6O2/c1-12(2)5-6-13-9-15(21(3)20-13)19-16(23)18-14-10-17-22(11-14)7-8-24-4/h9-12H,5-8H2,1-4H3,(H2,18,19,23). The van der Waals surface area contributed by atoms with Gasteiger partial charge in [-0.15, -0.1) is 0 Å². The fourth-order valence-electron chi connectivity index (χ4n) is 2.22. The number of carbonyl (C=O) groups is 1. The maximum absolute atomic E-state index is 12.1. The zero-order valence-electron chi connectivity index (χ0n) is 14.7. The molecule has 2 heterocycles. The molecular weight excluding hydrogens is 308 g/mol. The first-order valence-corrected chi connectivity index (χ1v) is 8.10. The van der Waals surface area contributed by atoms with Crippen molar-refractivity contribution in [2.24, 2.45) is 13.0 Å². The molecule has 8 nitrogen and oxygen atoms in total. The van der Waals surface area contributed by atoms with Gasteiger partial charge in [0.25, 0.3) is 0 Å². The van der Waals surface area contributed by atoms with Crippen molar-refractivity contribution in [3.8, 4) is 0 Å². The van der Waals surface area contributed by atoms with E-state index in [1.54, 1.807) is 28.9 Å². The largest absolute Gasteiger partial charge is 0.383 e. The number of nitrogens with one attached hydrogen (secondary N) is 2. The Bertz CT molecular complexity index is 661. The highest BCUT2D eigenvalue weighted by atomic mass is 16.5. The Morgan fingerprint density at radius 2 is 2.17 bits per heavy atom. The second-order valence-electron chi connectivity index (χ2n) is 6.14. The smallest absolute Gasteiger partial charge is 0.324 e. The molecule has 0 unspecified atom stereocenters. The van der Waals surface area contributed by atoms with E-state index in [9.17, 15) is 4.79 Å². The highest BCUT2D eigenvalue weighted by Crippen LogP contribution is 2.14. The first-order valence-electron chi connectivity index (χ1n) is 8.10. The predicted molar refractivity (Wildman–Crippen MR) is 93.1 cm³/mol. The second-order valence-corrected chi connectivity index (χ2v) is 6.14. The van der Waals surface area contributed by atoms with E-state index in [-0.39, 0.29) is 6.03 Å². The molecule has 2 aromatic heterocycles. The molecule has 2 rings (SSSR count). The number of nitrogens with zero attached hydrogens (tertiary/aromatic N) is 4. The summed E-state index contributed by atoms with van der Waals surface area (Å²) in [7, 11) is 3.46. The van der Waals surface area contributed by atoms with Gasteiger partial charge >= 0.3 is 6.03 Å². The molecule has 0 radical (unpaired) electrons. The lowest BCUT2D eigenvalue weighted by molar-refractivity contribution is 0.183. The van der Waals surface area contributed by atoms with E-state index in [2.05, 4.69) is 34.7 Å². The summed E-state index contributed by atoms with van der Waals surface area (Å²) in [6.45, 7) is 5.58. The van der Waals surface area contributed by atoms with Crippen LogP contribution in [0.4, 0.5) is 16.3 Å². The molecule has 2 aromatic rings. The topological polar surface area (TPSA) is 86.0 Å². The van der Waals surface area contributed by atoms with Gasteiger partial charge in [0.15, 0.2) is 0 Å². The number of amides is 2. The summed E-state index contributed by atoms with van der Waals surface area (Å²) >= 11 is 0. The molecule has 0 aliphatic carbocycles. The molecular formula is C16H26N6O2. The summed E-state index contributed by atoms with van der Waals surface area (Å²) < 4.78 is 8.39. The van der Waals surface area contributed by atoms with Crippen LogP contribution in [0.15, 0.2) is 18.5 Å². The number of hydrogen-bond acceptors (Lipinski definition) is 4. The Morgan fingerprint density at radius 3 is 2.88 bits per heavy atom. The lowest BCUT2D eigenvalue weighted by Gasteiger charge is -2.05. The number of aromatic nitrogens is 4. The van der Waals surface area contributed by atoms with Crippen LogP contribution in [0.25, 0.3) is 0 Å². The average molecular weight is 334 g/mol.